The van der Waals surface area contributed by atoms with Crippen molar-refractivity contribution in [3.05, 3.63) is 34.9 Å². The molecule has 2 unspecified atom stereocenters. The molecule has 0 spiro atoms. The van der Waals surface area contributed by atoms with Gasteiger partial charge in [0, 0.05) is 11.6 Å². The molecule has 19 heavy (non-hydrogen) atoms. The van der Waals surface area contributed by atoms with Gasteiger partial charge in [-0.2, -0.15) is 0 Å². The highest BCUT2D eigenvalue weighted by molar-refractivity contribution is 6.30. The van der Waals surface area contributed by atoms with Gasteiger partial charge in [0.1, 0.15) is 6.17 Å². The fourth-order valence-corrected chi connectivity index (χ4v) is 2.59. The van der Waals surface area contributed by atoms with E-state index >= 15 is 0 Å². The monoisotopic (exact) mass is 280 g/mol. The predicted molar refractivity (Wildman–Crippen MR) is 78.0 cm³/mol. The summed E-state index contributed by atoms with van der Waals surface area (Å²) in [6.45, 7) is 4.99. The smallest absolute Gasteiger partial charge is 0.241 e. The van der Waals surface area contributed by atoms with E-state index in [2.05, 4.69) is 12.2 Å². The van der Waals surface area contributed by atoms with Gasteiger partial charge in [-0.05, 0) is 30.5 Å². The molecule has 4 heteroatoms. The molecule has 0 bridgehead atoms. The van der Waals surface area contributed by atoms with Crippen LogP contribution in [0.25, 0.3) is 0 Å². The molecule has 0 aromatic heterocycles. The van der Waals surface area contributed by atoms with Gasteiger partial charge >= 0.3 is 0 Å². The molecular formula is C15H21ClN2O. The minimum atomic E-state index is -0.0578. The van der Waals surface area contributed by atoms with Gasteiger partial charge in [0.2, 0.25) is 5.91 Å². The van der Waals surface area contributed by atoms with Gasteiger partial charge in [-0.15, -0.1) is 0 Å². The first-order valence-corrected chi connectivity index (χ1v) is 7.37. The molecule has 1 aromatic carbocycles. The normalized spacial score (nSPS) is 23.1. The summed E-state index contributed by atoms with van der Waals surface area (Å²) in [4.78, 5) is 14.3. The molecule has 3 nitrogen and oxygen atoms in total. The molecule has 1 amide bonds. The van der Waals surface area contributed by atoms with Gasteiger partial charge in [-0.1, -0.05) is 44.0 Å². The molecule has 2 rings (SSSR count). The fraction of sp³-hybridized carbons (Fsp3) is 0.533. The quantitative estimate of drug-likeness (QED) is 0.897. The van der Waals surface area contributed by atoms with E-state index in [0.717, 1.165) is 36.4 Å². The van der Waals surface area contributed by atoms with Gasteiger partial charge in [0.25, 0.3) is 0 Å². The number of rotatable bonds is 5. The Morgan fingerprint density at radius 3 is 2.53 bits per heavy atom. The van der Waals surface area contributed by atoms with E-state index in [-0.39, 0.29) is 18.1 Å². The number of nitrogens with one attached hydrogen (secondary N) is 1. The Labute approximate surface area is 119 Å². The van der Waals surface area contributed by atoms with Crippen molar-refractivity contribution in [3.63, 3.8) is 0 Å². The van der Waals surface area contributed by atoms with Crippen LogP contribution in [0, 0.1) is 0 Å². The molecule has 1 aliphatic heterocycles. The second kappa shape index (κ2) is 6.40. The minimum absolute atomic E-state index is 0.0127. The van der Waals surface area contributed by atoms with Crippen molar-refractivity contribution in [2.24, 2.45) is 0 Å². The van der Waals surface area contributed by atoms with Crippen molar-refractivity contribution in [1.29, 1.82) is 0 Å². The van der Waals surface area contributed by atoms with Crippen molar-refractivity contribution < 1.29 is 4.79 Å². The van der Waals surface area contributed by atoms with Gasteiger partial charge in [-0.3, -0.25) is 10.1 Å². The molecule has 1 aromatic rings. The second-order valence-corrected chi connectivity index (χ2v) is 5.40. The number of hydrogen-bond acceptors (Lipinski definition) is 2. The van der Waals surface area contributed by atoms with Crippen LogP contribution in [0.4, 0.5) is 0 Å². The lowest BCUT2D eigenvalue weighted by molar-refractivity contribution is -0.130. The summed E-state index contributed by atoms with van der Waals surface area (Å²) in [5.74, 6) is 0.218. The minimum Gasteiger partial charge on any atom is -0.322 e. The molecule has 1 N–H and O–H groups in total. The molecule has 104 valence electrons. The number of amides is 1. The highest BCUT2D eigenvalue weighted by Crippen LogP contribution is 2.27. The van der Waals surface area contributed by atoms with Crippen molar-refractivity contribution in [1.82, 2.24) is 10.2 Å². The van der Waals surface area contributed by atoms with Crippen LogP contribution in [0.5, 0.6) is 0 Å². The third-order valence-corrected chi connectivity index (χ3v) is 3.85. The van der Waals surface area contributed by atoms with Gasteiger partial charge in [-0.25, -0.2) is 0 Å². The largest absolute Gasteiger partial charge is 0.322 e. The summed E-state index contributed by atoms with van der Waals surface area (Å²) in [6, 6.07) is 7.67. The summed E-state index contributed by atoms with van der Waals surface area (Å²) in [5.41, 5.74) is 1.10. The van der Waals surface area contributed by atoms with Crippen molar-refractivity contribution in [2.45, 2.75) is 45.3 Å². The van der Waals surface area contributed by atoms with Gasteiger partial charge in [0.15, 0.2) is 0 Å². The third kappa shape index (κ3) is 3.10. The van der Waals surface area contributed by atoms with Crippen molar-refractivity contribution in [2.75, 3.05) is 6.54 Å². The molecule has 0 radical (unpaired) electrons. The Morgan fingerprint density at radius 1 is 1.26 bits per heavy atom. The molecule has 1 saturated heterocycles. The summed E-state index contributed by atoms with van der Waals surface area (Å²) in [5, 5.41) is 4.14. The standard InChI is InChI=1S/C15H21ClN2O/c1-3-5-10-18-14(17-13(4-2)15(18)19)11-6-8-12(16)9-7-11/h6-9,13-14,17H,3-5,10H2,1-2H3. The van der Waals surface area contributed by atoms with E-state index in [1.165, 1.54) is 0 Å². The first kappa shape index (κ1) is 14.4. The molecule has 0 aliphatic carbocycles. The molecule has 1 aliphatic rings. The van der Waals surface area contributed by atoms with E-state index in [1.54, 1.807) is 0 Å². The first-order valence-electron chi connectivity index (χ1n) is 6.99. The number of unbranched alkanes of at least 4 members (excludes halogenated alkanes) is 1. The van der Waals surface area contributed by atoms with Crippen LogP contribution >= 0.6 is 11.6 Å². The highest BCUT2D eigenvalue weighted by Gasteiger charge is 2.37. The average molecular weight is 281 g/mol. The molecule has 0 saturated carbocycles. The number of hydrogen-bond donors (Lipinski definition) is 1. The number of halogens is 1. The van der Waals surface area contributed by atoms with Crippen LogP contribution in [0.2, 0.25) is 5.02 Å². The summed E-state index contributed by atoms with van der Waals surface area (Å²) < 4.78 is 0. The van der Waals surface area contributed by atoms with E-state index in [0.29, 0.717) is 0 Å². The topological polar surface area (TPSA) is 32.3 Å². The van der Waals surface area contributed by atoms with Crippen molar-refractivity contribution >= 4 is 17.5 Å². The van der Waals surface area contributed by atoms with E-state index in [9.17, 15) is 4.79 Å². The number of nitrogens with zero attached hydrogens (tertiary/aromatic N) is 1. The Hall–Kier alpha value is -1.06. The zero-order valence-electron chi connectivity index (χ0n) is 11.5. The lowest BCUT2D eigenvalue weighted by Gasteiger charge is -2.24. The van der Waals surface area contributed by atoms with Crippen molar-refractivity contribution in [3.8, 4) is 0 Å². The highest BCUT2D eigenvalue weighted by atomic mass is 35.5. The molecule has 2 atom stereocenters. The maximum atomic E-state index is 12.3. The zero-order valence-corrected chi connectivity index (χ0v) is 12.3. The lowest BCUT2D eigenvalue weighted by Crippen LogP contribution is -2.31. The first-order chi connectivity index (χ1) is 9.17. The summed E-state index contributed by atoms with van der Waals surface area (Å²) >= 11 is 5.92. The van der Waals surface area contributed by atoms with Crippen LogP contribution < -0.4 is 5.32 Å². The van der Waals surface area contributed by atoms with Crippen LogP contribution in [0.3, 0.4) is 0 Å². The van der Waals surface area contributed by atoms with Crippen LogP contribution in [0.15, 0.2) is 24.3 Å². The predicted octanol–water partition coefficient (Wildman–Crippen LogP) is 3.35. The van der Waals surface area contributed by atoms with Crippen LogP contribution in [-0.2, 0) is 4.79 Å². The number of carbonyl (C=O) groups excluding carboxylic acids is 1. The van der Waals surface area contributed by atoms with Crippen LogP contribution in [-0.4, -0.2) is 23.4 Å². The SMILES string of the molecule is CCCCN1C(=O)C(CC)NC1c1ccc(Cl)cc1. The van der Waals surface area contributed by atoms with E-state index in [4.69, 9.17) is 11.6 Å². The van der Waals surface area contributed by atoms with Gasteiger partial charge in [0.05, 0.1) is 6.04 Å². The third-order valence-electron chi connectivity index (χ3n) is 3.60. The maximum Gasteiger partial charge on any atom is 0.241 e. The molecular weight excluding hydrogens is 260 g/mol. The Bertz CT molecular complexity index is 432. The summed E-state index contributed by atoms with van der Waals surface area (Å²) in [7, 11) is 0. The van der Waals surface area contributed by atoms with Gasteiger partial charge < -0.3 is 4.90 Å². The molecule has 1 heterocycles. The number of carbonyl (C=O) groups is 1. The van der Waals surface area contributed by atoms with E-state index in [1.807, 2.05) is 36.1 Å². The van der Waals surface area contributed by atoms with Crippen LogP contribution in [0.1, 0.15) is 44.8 Å². The average Bonchev–Trinajstić information content (AvgIpc) is 2.74. The Morgan fingerprint density at radius 2 is 1.95 bits per heavy atom. The van der Waals surface area contributed by atoms with E-state index < -0.39 is 0 Å². The number of benzene rings is 1. The second-order valence-electron chi connectivity index (χ2n) is 4.97. The fourth-order valence-electron chi connectivity index (χ4n) is 2.46. The maximum absolute atomic E-state index is 12.3. The Kier molecular flexibility index (Phi) is 4.83. The zero-order chi connectivity index (χ0) is 13.8. The Balaban J connectivity index is 2.20. The molecule has 1 fully saturated rings. The lowest BCUT2D eigenvalue weighted by atomic mass is 10.1. The summed E-state index contributed by atoms with van der Waals surface area (Å²) in [6.07, 6.45) is 2.94.